The van der Waals surface area contributed by atoms with Crippen molar-refractivity contribution in [2.45, 2.75) is 12.8 Å². The second-order valence-electron chi connectivity index (χ2n) is 6.76. The maximum Gasteiger partial charge on any atom is 0.126 e. The first-order valence-electron chi connectivity index (χ1n) is 8.84. The van der Waals surface area contributed by atoms with Gasteiger partial charge in [0.1, 0.15) is 5.75 Å². The van der Waals surface area contributed by atoms with Crippen LogP contribution >= 0.6 is 0 Å². The van der Waals surface area contributed by atoms with Crippen LogP contribution in [0.25, 0.3) is 6.08 Å². The summed E-state index contributed by atoms with van der Waals surface area (Å²) in [4.78, 5) is 7.05. The third-order valence-corrected chi connectivity index (χ3v) is 3.96. The van der Waals surface area contributed by atoms with Gasteiger partial charge in [-0.1, -0.05) is 30.4 Å². The highest BCUT2D eigenvalue weighted by Crippen LogP contribution is 2.18. The quantitative estimate of drug-likeness (QED) is 0.585. The molecular weight excluding hydrogens is 298 g/mol. The van der Waals surface area contributed by atoms with Gasteiger partial charge in [0.15, 0.2) is 0 Å². The zero-order valence-corrected chi connectivity index (χ0v) is 16.2. The van der Waals surface area contributed by atoms with Crippen LogP contribution in [0.4, 0.5) is 0 Å². The summed E-state index contributed by atoms with van der Waals surface area (Å²) in [6.07, 6.45) is 6.84. The van der Waals surface area contributed by atoms with E-state index < -0.39 is 0 Å². The fraction of sp³-hybridized carbons (Fsp3) is 0.600. The van der Waals surface area contributed by atoms with Crippen LogP contribution in [0.15, 0.2) is 30.3 Å². The molecule has 0 unspecified atom stereocenters. The minimum atomic E-state index is 0.931. The highest BCUT2D eigenvalue weighted by molar-refractivity contribution is 5.57. The highest BCUT2D eigenvalue weighted by atomic mass is 16.5. The zero-order chi connectivity index (χ0) is 17.8. The molecule has 0 N–H and O–H groups in total. The van der Waals surface area contributed by atoms with E-state index in [1.54, 1.807) is 7.11 Å². The molecule has 0 aliphatic heterocycles. The molecule has 0 atom stereocenters. The molecule has 1 rings (SSSR count). The van der Waals surface area contributed by atoms with Crippen molar-refractivity contribution in [3.05, 3.63) is 35.9 Å². The third kappa shape index (κ3) is 9.06. The standard InChI is InChI=1S/C20H35N3O/c1-21(2)14-9-17-23(18-10-15-22(3)4)16-8-12-19-11-6-7-13-20(19)24-5/h6-8,11-13H,9-10,14-18H2,1-5H3/b12-8+. The van der Waals surface area contributed by atoms with Gasteiger partial charge in [-0.2, -0.15) is 0 Å². The second kappa shape index (κ2) is 12.1. The second-order valence-corrected chi connectivity index (χ2v) is 6.76. The van der Waals surface area contributed by atoms with Gasteiger partial charge < -0.3 is 14.5 Å². The van der Waals surface area contributed by atoms with Crippen LogP contribution in [0.5, 0.6) is 5.75 Å². The van der Waals surface area contributed by atoms with Gasteiger partial charge in [0.05, 0.1) is 7.11 Å². The Labute approximate surface area is 148 Å². The summed E-state index contributed by atoms with van der Waals surface area (Å²) in [5.74, 6) is 0.931. The maximum atomic E-state index is 5.41. The first-order valence-corrected chi connectivity index (χ1v) is 8.84. The van der Waals surface area contributed by atoms with Crippen LogP contribution in [0, 0.1) is 0 Å². The van der Waals surface area contributed by atoms with Crippen LogP contribution < -0.4 is 4.74 Å². The largest absolute Gasteiger partial charge is 0.496 e. The van der Waals surface area contributed by atoms with E-state index >= 15 is 0 Å². The lowest BCUT2D eigenvalue weighted by Gasteiger charge is -2.22. The van der Waals surface area contributed by atoms with E-state index in [0.29, 0.717) is 0 Å². The number of rotatable bonds is 12. The summed E-state index contributed by atoms with van der Waals surface area (Å²) in [6.45, 7) is 5.55. The van der Waals surface area contributed by atoms with Crippen LogP contribution in [0.3, 0.4) is 0 Å². The molecule has 1 aromatic rings. The van der Waals surface area contributed by atoms with E-state index in [-0.39, 0.29) is 0 Å². The van der Waals surface area contributed by atoms with Gasteiger partial charge in [-0.3, -0.25) is 4.90 Å². The smallest absolute Gasteiger partial charge is 0.126 e. The molecule has 0 heterocycles. The van der Waals surface area contributed by atoms with Crippen LogP contribution in [-0.2, 0) is 0 Å². The van der Waals surface area contributed by atoms with E-state index in [9.17, 15) is 0 Å². The predicted molar refractivity (Wildman–Crippen MR) is 105 cm³/mol. The SMILES string of the molecule is COc1ccccc1/C=C/CN(CCCN(C)C)CCCN(C)C. The number of nitrogens with zero attached hydrogens (tertiary/aromatic N) is 3. The summed E-state index contributed by atoms with van der Waals surface area (Å²) in [5.41, 5.74) is 1.14. The number of para-hydroxylation sites is 1. The Hall–Kier alpha value is -1.36. The zero-order valence-electron chi connectivity index (χ0n) is 16.2. The lowest BCUT2D eigenvalue weighted by molar-refractivity contribution is 0.261. The average Bonchev–Trinajstić information content (AvgIpc) is 2.54. The predicted octanol–water partition coefficient (Wildman–Crippen LogP) is 2.91. The summed E-state index contributed by atoms with van der Waals surface area (Å²) in [5, 5.41) is 0. The molecule has 24 heavy (non-hydrogen) atoms. The Morgan fingerprint density at radius 1 is 0.875 bits per heavy atom. The summed E-state index contributed by atoms with van der Waals surface area (Å²) < 4.78 is 5.41. The number of hydrogen-bond acceptors (Lipinski definition) is 4. The van der Waals surface area contributed by atoms with Crippen molar-refractivity contribution in [2.24, 2.45) is 0 Å². The van der Waals surface area contributed by atoms with Gasteiger partial charge in [-0.25, -0.2) is 0 Å². The summed E-state index contributed by atoms with van der Waals surface area (Å²) in [7, 11) is 10.3. The Balaban J connectivity index is 2.53. The average molecular weight is 334 g/mol. The van der Waals surface area contributed by atoms with Crippen LogP contribution in [0.2, 0.25) is 0 Å². The molecule has 0 aromatic heterocycles. The van der Waals surface area contributed by atoms with Gasteiger partial charge in [-0.05, 0) is 73.3 Å². The van der Waals surface area contributed by atoms with Gasteiger partial charge in [0.25, 0.3) is 0 Å². The monoisotopic (exact) mass is 333 g/mol. The normalized spacial score (nSPS) is 12.0. The lowest BCUT2D eigenvalue weighted by atomic mass is 10.2. The molecule has 0 spiro atoms. The van der Waals surface area contributed by atoms with Crippen molar-refractivity contribution in [3.8, 4) is 5.75 Å². The third-order valence-electron chi connectivity index (χ3n) is 3.96. The van der Waals surface area contributed by atoms with Crippen molar-refractivity contribution in [2.75, 3.05) is 68.0 Å². The molecule has 0 aliphatic rings. The van der Waals surface area contributed by atoms with E-state index in [2.05, 4.69) is 61.1 Å². The first-order chi connectivity index (χ1) is 11.5. The Morgan fingerprint density at radius 2 is 1.46 bits per heavy atom. The van der Waals surface area contributed by atoms with E-state index in [4.69, 9.17) is 4.74 Å². The molecule has 0 saturated heterocycles. The molecule has 1 aromatic carbocycles. The van der Waals surface area contributed by atoms with Gasteiger partial charge in [-0.15, -0.1) is 0 Å². The fourth-order valence-corrected chi connectivity index (χ4v) is 2.65. The molecule has 0 amide bonds. The Bertz CT molecular complexity index is 458. The maximum absolute atomic E-state index is 5.41. The molecule has 0 aliphatic carbocycles. The molecular formula is C20H35N3O. The molecule has 0 fully saturated rings. The van der Waals surface area contributed by atoms with Gasteiger partial charge in [0.2, 0.25) is 0 Å². The van der Waals surface area contributed by atoms with Crippen molar-refractivity contribution in [3.63, 3.8) is 0 Å². The van der Waals surface area contributed by atoms with E-state index in [1.165, 1.54) is 12.8 Å². The molecule has 0 radical (unpaired) electrons. The minimum Gasteiger partial charge on any atom is -0.496 e. The van der Waals surface area contributed by atoms with Crippen molar-refractivity contribution in [1.82, 2.24) is 14.7 Å². The molecule has 0 saturated carbocycles. The molecule has 4 heteroatoms. The van der Waals surface area contributed by atoms with Crippen LogP contribution in [0.1, 0.15) is 18.4 Å². The number of methoxy groups -OCH3 is 1. The fourth-order valence-electron chi connectivity index (χ4n) is 2.65. The Kier molecular flexibility index (Phi) is 10.4. The van der Waals surface area contributed by atoms with Gasteiger partial charge in [0, 0.05) is 12.1 Å². The van der Waals surface area contributed by atoms with Crippen LogP contribution in [-0.4, -0.2) is 82.7 Å². The summed E-state index contributed by atoms with van der Waals surface area (Å²) in [6, 6.07) is 8.16. The number of hydrogen-bond donors (Lipinski definition) is 0. The molecule has 0 bridgehead atoms. The lowest BCUT2D eigenvalue weighted by Crippen LogP contribution is -2.30. The van der Waals surface area contributed by atoms with E-state index in [0.717, 1.165) is 44.0 Å². The minimum absolute atomic E-state index is 0.931. The Morgan fingerprint density at radius 3 is 2.00 bits per heavy atom. The topological polar surface area (TPSA) is 19.0 Å². The first kappa shape index (κ1) is 20.7. The number of ether oxygens (including phenoxy) is 1. The summed E-state index contributed by atoms with van der Waals surface area (Å²) >= 11 is 0. The van der Waals surface area contributed by atoms with E-state index in [1.807, 2.05) is 18.2 Å². The highest BCUT2D eigenvalue weighted by Gasteiger charge is 2.04. The number of benzene rings is 1. The van der Waals surface area contributed by atoms with Gasteiger partial charge >= 0.3 is 0 Å². The molecule has 136 valence electrons. The molecule has 4 nitrogen and oxygen atoms in total. The van der Waals surface area contributed by atoms with Crippen molar-refractivity contribution < 1.29 is 4.74 Å². The van der Waals surface area contributed by atoms with Crippen molar-refractivity contribution >= 4 is 6.08 Å². The van der Waals surface area contributed by atoms with Crippen molar-refractivity contribution in [1.29, 1.82) is 0 Å².